The number of nitrogens with one attached hydrogen (secondary N) is 1. The normalized spacial score (nSPS) is 28.9. The lowest BCUT2D eigenvalue weighted by atomic mass is 9.79. The molecule has 2 aliphatic rings. The average Bonchev–Trinajstić information content (AvgIpc) is 2.41. The highest BCUT2D eigenvalue weighted by Gasteiger charge is 2.36. The lowest BCUT2D eigenvalue weighted by Gasteiger charge is -2.46. The van der Waals surface area contributed by atoms with Crippen molar-refractivity contribution in [1.82, 2.24) is 15.1 Å². The average molecular weight is 283 g/mol. The van der Waals surface area contributed by atoms with Crippen LogP contribution in [0.4, 0.5) is 0 Å². The second-order valence-corrected chi connectivity index (χ2v) is 7.23. The van der Waals surface area contributed by atoms with Crippen molar-refractivity contribution >= 4 is 0 Å². The molecule has 2 heterocycles. The minimum Gasteiger partial charge on any atom is -0.381 e. The van der Waals surface area contributed by atoms with Crippen LogP contribution in [-0.2, 0) is 4.74 Å². The Morgan fingerprint density at radius 3 is 2.55 bits per heavy atom. The number of hydrogen-bond donors (Lipinski definition) is 1. The van der Waals surface area contributed by atoms with Crippen molar-refractivity contribution in [2.24, 2.45) is 5.41 Å². The number of nitrogens with zero attached hydrogens (tertiary/aromatic N) is 2. The van der Waals surface area contributed by atoms with Crippen molar-refractivity contribution in [2.45, 2.75) is 45.7 Å². The van der Waals surface area contributed by atoms with Crippen molar-refractivity contribution in [2.75, 3.05) is 53.0 Å². The van der Waals surface area contributed by atoms with Crippen LogP contribution in [0.3, 0.4) is 0 Å². The minimum absolute atomic E-state index is 0.409. The van der Waals surface area contributed by atoms with Crippen LogP contribution in [0.5, 0.6) is 0 Å². The summed E-state index contributed by atoms with van der Waals surface area (Å²) in [6, 6.07) is 1.24. The molecule has 2 aliphatic heterocycles. The summed E-state index contributed by atoms with van der Waals surface area (Å²) in [6.07, 6.45) is 2.40. The maximum atomic E-state index is 5.61. The van der Waals surface area contributed by atoms with Crippen LogP contribution < -0.4 is 5.32 Å². The maximum Gasteiger partial charge on any atom is 0.0472 e. The van der Waals surface area contributed by atoms with E-state index in [0.29, 0.717) is 17.5 Å². The number of likely N-dealkylation sites (N-methyl/N-ethyl adjacent to an activating group) is 1. The van der Waals surface area contributed by atoms with Gasteiger partial charge < -0.3 is 15.0 Å². The van der Waals surface area contributed by atoms with Gasteiger partial charge >= 0.3 is 0 Å². The number of rotatable bonds is 5. The minimum atomic E-state index is 0.409. The van der Waals surface area contributed by atoms with Crippen LogP contribution >= 0.6 is 0 Å². The van der Waals surface area contributed by atoms with E-state index in [1.54, 1.807) is 0 Å². The van der Waals surface area contributed by atoms with Crippen molar-refractivity contribution < 1.29 is 4.74 Å². The fourth-order valence-corrected chi connectivity index (χ4v) is 3.46. The standard InChI is InChI=1S/C16H33N3O/c1-14(2)17-12-16(5-9-20-10-6-16)13-19-8-7-18(4)11-15(19)3/h14-15,17H,5-13H2,1-4H3. The third-order valence-corrected chi connectivity index (χ3v) is 4.95. The van der Waals surface area contributed by atoms with Gasteiger partial charge in [-0.15, -0.1) is 0 Å². The van der Waals surface area contributed by atoms with Crippen molar-refractivity contribution in [3.8, 4) is 0 Å². The van der Waals surface area contributed by atoms with Gasteiger partial charge in [-0.25, -0.2) is 0 Å². The van der Waals surface area contributed by atoms with Gasteiger partial charge in [0.1, 0.15) is 0 Å². The van der Waals surface area contributed by atoms with E-state index in [9.17, 15) is 0 Å². The summed E-state index contributed by atoms with van der Waals surface area (Å²) in [4.78, 5) is 5.15. The Bertz CT molecular complexity index is 289. The van der Waals surface area contributed by atoms with E-state index in [2.05, 4.69) is 42.9 Å². The van der Waals surface area contributed by atoms with Gasteiger partial charge in [-0.1, -0.05) is 13.8 Å². The van der Waals surface area contributed by atoms with E-state index >= 15 is 0 Å². The SMILES string of the molecule is CC(C)NCC1(CN2CCN(C)CC2C)CCOCC1. The molecule has 4 nitrogen and oxygen atoms in total. The molecule has 1 N–H and O–H groups in total. The van der Waals surface area contributed by atoms with Crippen LogP contribution in [-0.4, -0.2) is 74.9 Å². The Labute approximate surface area is 124 Å². The quantitative estimate of drug-likeness (QED) is 0.826. The van der Waals surface area contributed by atoms with Gasteiger partial charge in [0.2, 0.25) is 0 Å². The van der Waals surface area contributed by atoms with E-state index in [-0.39, 0.29) is 0 Å². The first-order valence-corrected chi connectivity index (χ1v) is 8.24. The molecule has 0 amide bonds. The van der Waals surface area contributed by atoms with Crippen LogP contribution in [0, 0.1) is 5.41 Å². The van der Waals surface area contributed by atoms with Crippen LogP contribution in [0.2, 0.25) is 0 Å². The van der Waals surface area contributed by atoms with E-state index in [1.807, 2.05) is 0 Å². The van der Waals surface area contributed by atoms with Gasteiger partial charge in [0.15, 0.2) is 0 Å². The lowest BCUT2D eigenvalue weighted by molar-refractivity contribution is -0.0226. The molecule has 2 rings (SSSR count). The van der Waals surface area contributed by atoms with Gasteiger partial charge in [0, 0.05) is 58.0 Å². The molecule has 0 aliphatic carbocycles. The second kappa shape index (κ2) is 7.21. The maximum absolute atomic E-state index is 5.61. The Hall–Kier alpha value is -0.160. The van der Waals surface area contributed by atoms with Gasteiger partial charge in [0.25, 0.3) is 0 Å². The molecule has 1 atom stereocenters. The molecule has 0 spiro atoms. The molecular formula is C16H33N3O. The molecular weight excluding hydrogens is 250 g/mol. The van der Waals surface area contributed by atoms with Crippen molar-refractivity contribution in [3.05, 3.63) is 0 Å². The monoisotopic (exact) mass is 283 g/mol. The summed E-state index contributed by atoms with van der Waals surface area (Å²) in [6.45, 7) is 14.7. The predicted molar refractivity (Wildman–Crippen MR) is 84.2 cm³/mol. The zero-order chi connectivity index (χ0) is 14.6. The first-order chi connectivity index (χ1) is 9.51. The van der Waals surface area contributed by atoms with Crippen molar-refractivity contribution in [3.63, 3.8) is 0 Å². The highest BCUT2D eigenvalue weighted by Crippen LogP contribution is 2.32. The van der Waals surface area contributed by atoms with E-state index < -0.39 is 0 Å². The summed E-state index contributed by atoms with van der Waals surface area (Å²) in [7, 11) is 2.23. The Kier molecular flexibility index (Phi) is 5.84. The van der Waals surface area contributed by atoms with Crippen LogP contribution in [0.1, 0.15) is 33.6 Å². The molecule has 118 valence electrons. The topological polar surface area (TPSA) is 27.7 Å². The summed E-state index contributed by atoms with van der Waals surface area (Å²) >= 11 is 0. The lowest BCUT2D eigenvalue weighted by Crippen LogP contribution is -2.56. The zero-order valence-corrected chi connectivity index (χ0v) is 13.8. The molecule has 0 aromatic heterocycles. The zero-order valence-electron chi connectivity index (χ0n) is 13.8. The van der Waals surface area contributed by atoms with Gasteiger partial charge in [-0.05, 0) is 32.2 Å². The van der Waals surface area contributed by atoms with E-state index in [1.165, 1.54) is 39.0 Å². The highest BCUT2D eigenvalue weighted by molar-refractivity contribution is 4.90. The van der Waals surface area contributed by atoms with Crippen LogP contribution in [0.15, 0.2) is 0 Å². The fraction of sp³-hybridized carbons (Fsp3) is 1.00. The van der Waals surface area contributed by atoms with Gasteiger partial charge in [0.05, 0.1) is 0 Å². The summed E-state index contributed by atoms with van der Waals surface area (Å²) < 4.78 is 5.61. The summed E-state index contributed by atoms with van der Waals surface area (Å²) in [5.74, 6) is 0. The molecule has 0 aromatic carbocycles. The predicted octanol–water partition coefficient (Wildman–Crippen LogP) is 1.42. The third-order valence-electron chi connectivity index (χ3n) is 4.95. The summed E-state index contributed by atoms with van der Waals surface area (Å²) in [5.41, 5.74) is 0.409. The second-order valence-electron chi connectivity index (χ2n) is 7.23. The van der Waals surface area contributed by atoms with Gasteiger partial charge in [-0.2, -0.15) is 0 Å². The third kappa shape index (κ3) is 4.42. The molecule has 0 saturated carbocycles. The Morgan fingerprint density at radius 1 is 1.25 bits per heavy atom. The van der Waals surface area contributed by atoms with Gasteiger partial charge in [-0.3, -0.25) is 4.90 Å². The highest BCUT2D eigenvalue weighted by atomic mass is 16.5. The molecule has 4 heteroatoms. The molecule has 1 unspecified atom stereocenters. The Morgan fingerprint density at radius 2 is 1.95 bits per heavy atom. The number of hydrogen-bond acceptors (Lipinski definition) is 4. The van der Waals surface area contributed by atoms with E-state index in [0.717, 1.165) is 19.8 Å². The molecule has 20 heavy (non-hydrogen) atoms. The van der Waals surface area contributed by atoms with Crippen LogP contribution in [0.25, 0.3) is 0 Å². The largest absolute Gasteiger partial charge is 0.381 e. The molecule has 0 aromatic rings. The Balaban J connectivity index is 1.96. The number of piperazine rings is 1. The molecule has 2 fully saturated rings. The molecule has 2 saturated heterocycles. The first-order valence-electron chi connectivity index (χ1n) is 8.24. The number of ether oxygens (including phenoxy) is 1. The van der Waals surface area contributed by atoms with Crippen molar-refractivity contribution in [1.29, 1.82) is 0 Å². The summed E-state index contributed by atoms with van der Waals surface area (Å²) in [5, 5.41) is 3.68. The fourth-order valence-electron chi connectivity index (χ4n) is 3.46. The smallest absolute Gasteiger partial charge is 0.0472 e. The van der Waals surface area contributed by atoms with E-state index in [4.69, 9.17) is 4.74 Å². The first kappa shape index (κ1) is 16.2. The molecule has 0 radical (unpaired) electrons. The molecule has 0 bridgehead atoms.